The minimum Gasteiger partial charge on any atom is -0.397 e. The molecule has 0 radical (unpaired) electrons. The van der Waals surface area contributed by atoms with Crippen molar-refractivity contribution in [3.8, 4) is 0 Å². The number of hydrogen-bond donors (Lipinski definition) is 5. The van der Waals surface area contributed by atoms with Crippen LogP contribution in [0.15, 0.2) is 47.8 Å². The van der Waals surface area contributed by atoms with Gasteiger partial charge in [0, 0.05) is 29.1 Å². The number of alkyl halides is 1. The first-order valence-corrected chi connectivity index (χ1v) is 10.5. The van der Waals surface area contributed by atoms with Gasteiger partial charge in [0.25, 0.3) is 0 Å². The van der Waals surface area contributed by atoms with Crippen LogP contribution in [-0.2, 0) is 4.74 Å². The van der Waals surface area contributed by atoms with E-state index >= 15 is 0 Å². The van der Waals surface area contributed by atoms with Crippen LogP contribution in [0.5, 0.6) is 0 Å². The standard InChI is InChI=1S/C19H20ClF2N3O4S.CH3F/c20-10-4-11(6-24-5-10)30-19-18(28)16(17(27)15(8-26)29-19)25-7-14(23)9-1-2-12(21)13(22)3-9;1-2/h1-7,15-19,25-28H,8,23H2;1H3/b14-7-;. The fraction of sp³-hybridized carbons (Fsp3) is 0.350. The number of benzene rings is 1. The maximum Gasteiger partial charge on any atom is 0.159 e. The van der Waals surface area contributed by atoms with Crippen molar-refractivity contribution in [3.05, 3.63) is 65.1 Å². The molecule has 1 aliphatic heterocycles. The van der Waals surface area contributed by atoms with Crippen molar-refractivity contribution in [3.63, 3.8) is 0 Å². The van der Waals surface area contributed by atoms with Crippen molar-refractivity contribution in [2.24, 2.45) is 5.73 Å². The van der Waals surface area contributed by atoms with Crippen LogP contribution in [-0.4, -0.2) is 63.9 Å². The van der Waals surface area contributed by atoms with Crippen molar-refractivity contribution in [2.75, 3.05) is 13.8 Å². The van der Waals surface area contributed by atoms with Gasteiger partial charge < -0.3 is 31.1 Å². The van der Waals surface area contributed by atoms with Crippen molar-refractivity contribution >= 4 is 29.1 Å². The number of hydrogen-bond acceptors (Lipinski definition) is 8. The summed E-state index contributed by atoms with van der Waals surface area (Å²) in [7, 11) is 0.500. The molecule has 5 atom stereocenters. The van der Waals surface area contributed by atoms with Crippen LogP contribution in [0.4, 0.5) is 13.2 Å². The van der Waals surface area contributed by atoms with Crippen molar-refractivity contribution < 1.29 is 33.2 Å². The predicted molar refractivity (Wildman–Crippen MR) is 115 cm³/mol. The van der Waals surface area contributed by atoms with Crippen LogP contribution >= 0.6 is 23.4 Å². The average Bonchev–Trinajstić information content (AvgIpc) is 2.78. The fourth-order valence-corrected chi connectivity index (χ4v) is 4.25. The van der Waals surface area contributed by atoms with Crippen LogP contribution in [0.2, 0.25) is 5.02 Å². The minimum absolute atomic E-state index is 0.0589. The smallest absolute Gasteiger partial charge is 0.159 e. The highest BCUT2D eigenvalue weighted by atomic mass is 35.5. The predicted octanol–water partition coefficient (Wildman–Crippen LogP) is 2.05. The third kappa shape index (κ3) is 6.50. The lowest BCUT2D eigenvalue weighted by molar-refractivity contribution is -0.164. The quantitative estimate of drug-likeness (QED) is 0.414. The topological polar surface area (TPSA) is 121 Å². The molecule has 32 heavy (non-hydrogen) atoms. The zero-order valence-corrected chi connectivity index (χ0v) is 18.4. The number of aliphatic hydroxyl groups is 3. The van der Waals surface area contributed by atoms with E-state index in [9.17, 15) is 28.5 Å². The van der Waals surface area contributed by atoms with Gasteiger partial charge in [-0.3, -0.25) is 9.37 Å². The monoisotopic (exact) mass is 493 g/mol. The van der Waals surface area contributed by atoms with Crippen LogP contribution in [0.3, 0.4) is 0 Å². The molecule has 0 bridgehead atoms. The number of nitrogens with two attached hydrogens (primary N) is 1. The molecule has 0 spiro atoms. The van der Waals surface area contributed by atoms with Crippen LogP contribution < -0.4 is 11.1 Å². The molecule has 176 valence electrons. The van der Waals surface area contributed by atoms with Crippen LogP contribution in [0.25, 0.3) is 5.70 Å². The zero-order chi connectivity index (χ0) is 23.8. The van der Waals surface area contributed by atoms with Crippen molar-refractivity contribution in [1.29, 1.82) is 0 Å². The maximum absolute atomic E-state index is 13.4. The molecule has 5 unspecified atom stereocenters. The van der Waals surface area contributed by atoms with E-state index in [0.29, 0.717) is 17.1 Å². The summed E-state index contributed by atoms with van der Waals surface area (Å²) in [5.74, 6) is -2.06. The fourth-order valence-electron chi connectivity index (χ4n) is 2.92. The highest BCUT2D eigenvalue weighted by molar-refractivity contribution is 7.99. The maximum atomic E-state index is 13.4. The highest BCUT2D eigenvalue weighted by Gasteiger charge is 2.44. The molecule has 12 heteroatoms. The van der Waals surface area contributed by atoms with E-state index in [1.54, 1.807) is 6.07 Å². The molecule has 2 heterocycles. The number of thioether (sulfide) groups is 1. The second-order valence-electron chi connectivity index (χ2n) is 6.58. The minimum atomic E-state index is -1.27. The van der Waals surface area contributed by atoms with Gasteiger partial charge in [0.2, 0.25) is 0 Å². The average molecular weight is 494 g/mol. The Hall–Kier alpha value is -2.02. The first-order valence-electron chi connectivity index (χ1n) is 9.24. The SMILES string of the molecule is CF.N/C(=C\NC1C(O)C(CO)OC(Sc2cncc(Cl)c2)C1O)c1ccc(F)c(F)c1. The lowest BCUT2D eigenvalue weighted by Crippen LogP contribution is -2.62. The number of nitrogens with zero attached hydrogens (tertiary/aromatic N) is 1. The summed E-state index contributed by atoms with van der Waals surface area (Å²) in [6, 6.07) is 3.84. The molecular weight excluding hydrogens is 471 g/mol. The van der Waals surface area contributed by atoms with E-state index in [0.717, 1.165) is 23.9 Å². The number of rotatable bonds is 6. The molecule has 1 saturated heterocycles. The molecule has 0 saturated carbocycles. The molecular formula is C20H23ClF3N3O4S. The third-order valence-electron chi connectivity index (χ3n) is 4.50. The Balaban J connectivity index is 0.00000176. The Labute approximate surface area is 192 Å². The van der Waals surface area contributed by atoms with Crippen molar-refractivity contribution in [1.82, 2.24) is 10.3 Å². The number of nitrogens with one attached hydrogen (secondary N) is 1. The van der Waals surface area contributed by atoms with Crippen LogP contribution in [0, 0.1) is 11.6 Å². The summed E-state index contributed by atoms with van der Waals surface area (Å²) in [6.45, 7) is -0.487. The molecule has 0 amide bonds. The highest BCUT2D eigenvalue weighted by Crippen LogP contribution is 2.34. The van der Waals surface area contributed by atoms with E-state index in [4.69, 9.17) is 22.1 Å². The van der Waals surface area contributed by atoms with Gasteiger partial charge >= 0.3 is 0 Å². The molecule has 1 fully saturated rings. The Morgan fingerprint density at radius 2 is 1.94 bits per heavy atom. The Bertz CT molecular complexity index is 927. The second-order valence-corrected chi connectivity index (χ2v) is 8.19. The molecule has 0 aliphatic carbocycles. The summed E-state index contributed by atoms with van der Waals surface area (Å²) in [5, 5.41) is 33.9. The van der Waals surface area contributed by atoms with Gasteiger partial charge in [-0.1, -0.05) is 23.4 Å². The lowest BCUT2D eigenvalue weighted by atomic mass is 9.97. The number of pyridine rings is 1. The van der Waals surface area contributed by atoms with Gasteiger partial charge in [-0.05, 0) is 24.3 Å². The van der Waals surface area contributed by atoms with E-state index in [1.165, 1.54) is 24.7 Å². The third-order valence-corrected chi connectivity index (χ3v) is 5.83. The molecule has 3 rings (SSSR count). The van der Waals surface area contributed by atoms with Gasteiger partial charge in [-0.15, -0.1) is 0 Å². The molecule has 1 aromatic heterocycles. The number of aliphatic hydroxyl groups excluding tert-OH is 3. The molecule has 2 aromatic rings. The van der Waals surface area contributed by atoms with Gasteiger partial charge in [0.05, 0.1) is 30.5 Å². The summed E-state index contributed by atoms with van der Waals surface area (Å²) >= 11 is 7.05. The largest absolute Gasteiger partial charge is 0.397 e. The molecule has 1 aliphatic rings. The Kier molecular flexibility index (Phi) is 10.1. The lowest BCUT2D eigenvalue weighted by Gasteiger charge is -2.42. The van der Waals surface area contributed by atoms with Crippen molar-refractivity contribution in [2.45, 2.75) is 34.7 Å². The normalized spacial score (nSPS) is 25.6. The molecule has 1 aromatic carbocycles. The summed E-state index contributed by atoms with van der Waals surface area (Å²) in [6.07, 6.45) is 0.796. The van der Waals surface area contributed by atoms with E-state index in [-0.39, 0.29) is 11.3 Å². The Morgan fingerprint density at radius 3 is 2.56 bits per heavy atom. The van der Waals surface area contributed by atoms with E-state index in [1.807, 2.05) is 0 Å². The summed E-state index contributed by atoms with van der Waals surface area (Å²) < 4.78 is 41.6. The number of ether oxygens (including phenoxy) is 1. The summed E-state index contributed by atoms with van der Waals surface area (Å²) in [5.41, 5.74) is 5.32. The van der Waals surface area contributed by atoms with E-state index in [2.05, 4.69) is 10.3 Å². The first kappa shape index (κ1) is 26.2. The molecule has 6 N–H and O–H groups in total. The van der Waals surface area contributed by atoms with Gasteiger partial charge in [0.1, 0.15) is 23.7 Å². The second kappa shape index (κ2) is 12.3. The van der Waals surface area contributed by atoms with Crippen LogP contribution in [0.1, 0.15) is 5.56 Å². The summed E-state index contributed by atoms with van der Waals surface area (Å²) in [4.78, 5) is 4.59. The molecule has 7 nitrogen and oxygen atoms in total. The van der Waals surface area contributed by atoms with Gasteiger partial charge in [0.15, 0.2) is 11.6 Å². The number of halogens is 4. The zero-order valence-electron chi connectivity index (χ0n) is 16.8. The first-order chi connectivity index (χ1) is 15.3. The van der Waals surface area contributed by atoms with E-state index < -0.39 is 48.0 Å². The van der Waals surface area contributed by atoms with Gasteiger partial charge in [-0.2, -0.15) is 0 Å². The number of aromatic nitrogens is 1. The van der Waals surface area contributed by atoms with Gasteiger partial charge in [-0.25, -0.2) is 8.78 Å². The Morgan fingerprint density at radius 1 is 1.22 bits per heavy atom.